The quantitative estimate of drug-likeness (QED) is 0.504. The maximum Gasteiger partial charge on any atom is 0.335 e. The molecule has 4 heterocycles. The van der Waals surface area contributed by atoms with Gasteiger partial charge in [-0.1, -0.05) is 49.6 Å². The van der Waals surface area contributed by atoms with Crippen LogP contribution in [-0.2, 0) is 39.9 Å². The molecular formula is C27H22N2O6. The van der Waals surface area contributed by atoms with Gasteiger partial charge in [0.15, 0.2) is 0 Å². The summed E-state index contributed by atoms with van der Waals surface area (Å²) in [5.74, 6) is -1.74. The number of hydrogen-bond donors (Lipinski definition) is 0. The SMILES string of the molecule is C=C1CC2(OC1=O)C(=O)N(CCCN1C(=O)C3(CC(=C)C(=O)O3)c3ccccc31)c1ccccc12. The summed E-state index contributed by atoms with van der Waals surface area (Å²) in [4.78, 5) is 54.5. The topological polar surface area (TPSA) is 93.2 Å². The van der Waals surface area contributed by atoms with Gasteiger partial charge in [0.1, 0.15) is 0 Å². The van der Waals surface area contributed by atoms with E-state index in [-0.39, 0.29) is 35.8 Å². The third-order valence-electron chi connectivity index (χ3n) is 7.24. The Hall–Kier alpha value is -4.20. The summed E-state index contributed by atoms with van der Waals surface area (Å²) in [5, 5.41) is 0. The van der Waals surface area contributed by atoms with Crippen molar-refractivity contribution in [3.05, 3.63) is 84.0 Å². The Kier molecular flexibility index (Phi) is 4.36. The van der Waals surface area contributed by atoms with Gasteiger partial charge in [-0.2, -0.15) is 0 Å². The molecule has 0 aromatic heterocycles. The molecule has 0 bridgehead atoms. The van der Waals surface area contributed by atoms with Crippen molar-refractivity contribution in [2.75, 3.05) is 22.9 Å². The molecule has 8 heteroatoms. The lowest BCUT2D eigenvalue weighted by Gasteiger charge is -2.24. The van der Waals surface area contributed by atoms with E-state index in [1.165, 1.54) is 0 Å². The van der Waals surface area contributed by atoms with Gasteiger partial charge in [-0.25, -0.2) is 9.59 Å². The zero-order chi connectivity index (χ0) is 24.5. The number of rotatable bonds is 4. The van der Waals surface area contributed by atoms with Gasteiger partial charge in [-0.15, -0.1) is 0 Å². The minimum atomic E-state index is -1.37. The van der Waals surface area contributed by atoms with Crippen molar-refractivity contribution in [3.8, 4) is 0 Å². The number of amides is 2. The fourth-order valence-electron chi connectivity index (χ4n) is 5.63. The fraction of sp³-hybridized carbons (Fsp3) is 0.259. The van der Waals surface area contributed by atoms with E-state index in [9.17, 15) is 19.2 Å². The maximum absolute atomic E-state index is 13.5. The number of fused-ring (bicyclic) bond motifs is 4. The molecule has 2 spiro atoms. The van der Waals surface area contributed by atoms with Crippen LogP contribution in [0.3, 0.4) is 0 Å². The van der Waals surface area contributed by atoms with E-state index in [1.807, 2.05) is 36.4 Å². The van der Waals surface area contributed by atoms with E-state index in [0.29, 0.717) is 42.0 Å². The molecule has 2 aromatic carbocycles. The summed E-state index contributed by atoms with van der Waals surface area (Å²) in [6.45, 7) is 8.11. The second kappa shape index (κ2) is 7.15. The van der Waals surface area contributed by atoms with Crippen LogP contribution in [-0.4, -0.2) is 36.8 Å². The zero-order valence-corrected chi connectivity index (χ0v) is 18.9. The molecule has 2 fully saturated rings. The molecule has 0 saturated carbocycles. The van der Waals surface area contributed by atoms with Crippen LogP contribution in [0, 0.1) is 0 Å². The first-order chi connectivity index (χ1) is 16.8. The molecule has 2 aromatic rings. The van der Waals surface area contributed by atoms with E-state index in [1.54, 1.807) is 21.9 Å². The lowest BCUT2D eigenvalue weighted by Crippen LogP contribution is -2.43. The summed E-state index contributed by atoms with van der Waals surface area (Å²) >= 11 is 0. The van der Waals surface area contributed by atoms with Gasteiger partial charge < -0.3 is 19.3 Å². The van der Waals surface area contributed by atoms with Gasteiger partial charge in [0.2, 0.25) is 11.2 Å². The molecule has 35 heavy (non-hydrogen) atoms. The predicted molar refractivity (Wildman–Crippen MR) is 125 cm³/mol. The first-order valence-corrected chi connectivity index (χ1v) is 11.4. The van der Waals surface area contributed by atoms with Crippen LogP contribution in [0.1, 0.15) is 30.4 Å². The van der Waals surface area contributed by atoms with Gasteiger partial charge >= 0.3 is 11.9 Å². The monoisotopic (exact) mass is 470 g/mol. The number of para-hydroxylation sites is 2. The first-order valence-electron chi connectivity index (χ1n) is 11.4. The highest BCUT2D eigenvalue weighted by atomic mass is 16.6. The average Bonchev–Trinajstić information content (AvgIpc) is 3.47. The Morgan fingerprint density at radius 1 is 0.686 bits per heavy atom. The standard InChI is InChI=1S/C27H22N2O6/c1-16-14-26(34-22(16)30)18-8-3-5-10-20(18)28(24(26)32)12-7-13-29-21-11-6-4-9-19(21)27(25(29)33)15-17(2)23(31)35-27/h3-6,8-11H,1-2,7,12-15H2. The molecule has 2 unspecified atom stereocenters. The first kappa shape index (κ1) is 21.3. The Balaban J connectivity index is 1.25. The van der Waals surface area contributed by atoms with E-state index in [0.717, 1.165) is 0 Å². The van der Waals surface area contributed by atoms with Crippen molar-refractivity contribution in [3.63, 3.8) is 0 Å². The van der Waals surface area contributed by atoms with Crippen LogP contribution in [0.25, 0.3) is 0 Å². The number of hydrogen-bond acceptors (Lipinski definition) is 6. The van der Waals surface area contributed by atoms with E-state index in [4.69, 9.17) is 9.47 Å². The Labute approximate surface area is 201 Å². The molecule has 0 N–H and O–H groups in total. The molecule has 0 radical (unpaired) electrons. The highest BCUT2D eigenvalue weighted by Gasteiger charge is 2.59. The molecule has 176 valence electrons. The van der Waals surface area contributed by atoms with Gasteiger partial charge in [-0.3, -0.25) is 9.59 Å². The molecule has 8 nitrogen and oxygen atoms in total. The molecule has 4 aliphatic heterocycles. The largest absolute Gasteiger partial charge is 0.440 e. The number of esters is 2. The van der Waals surface area contributed by atoms with E-state index in [2.05, 4.69) is 13.2 Å². The minimum absolute atomic E-state index is 0.119. The minimum Gasteiger partial charge on any atom is -0.440 e. The number of carbonyl (C=O) groups is 4. The lowest BCUT2D eigenvalue weighted by atomic mass is 9.91. The third-order valence-corrected chi connectivity index (χ3v) is 7.24. The van der Waals surface area contributed by atoms with Crippen LogP contribution in [0.5, 0.6) is 0 Å². The number of benzene rings is 2. The van der Waals surface area contributed by atoms with Crippen molar-refractivity contribution in [1.29, 1.82) is 0 Å². The molecule has 2 atom stereocenters. The highest BCUT2D eigenvalue weighted by molar-refractivity contribution is 6.12. The number of carbonyl (C=O) groups excluding carboxylic acids is 4. The van der Waals surface area contributed by atoms with Crippen LogP contribution < -0.4 is 9.80 Å². The zero-order valence-electron chi connectivity index (χ0n) is 18.9. The maximum atomic E-state index is 13.5. The Morgan fingerprint density at radius 2 is 1.09 bits per heavy atom. The van der Waals surface area contributed by atoms with Crippen molar-refractivity contribution >= 4 is 35.1 Å². The number of nitrogens with zero attached hydrogens (tertiary/aromatic N) is 2. The van der Waals surface area contributed by atoms with Crippen LogP contribution in [0.15, 0.2) is 72.8 Å². The Morgan fingerprint density at radius 3 is 1.46 bits per heavy atom. The molecule has 0 aliphatic carbocycles. The van der Waals surface area contributed by atoms with Crippen molar-refractivity contribution in [2.24, 2.45) is 0 Å². The van der Waals surface area contributed by atoms with Crippen molar-refractivity contribution in [1.82, 2.24) is 0 Å². The van der Waals surface area contributed by atoms with Crippen molar-refractivity contribution in [2.45, 2.75) is 30.5 Å². The van der Waals surface area contributed by atoms with Crippen LogP contribution in [0.2, 0.25) is 0 Å². The van der Waals surface area contributed by atoms with Gasteiger partial charge in [0.25, 0.3) is 11.8 Å². The van der Waals surface area contributed by atoms with Crippen LogP contribution >= 0.6 is 0 Å². The highest BCUT2D eigenvalue weighted by Crippen LogP contribution is 2.51. The second-order valence-corrected chi connectivity index (χ2v) is 9.30. The summed E-state index contributed by atoms with van der Waals surface area (Å²) in [6.07, 6.45) is 0.692. The second-order valence-electron chi connectivity index (χ2n) is 9.30. The number of ether oxygens (including phenoxy) is 2. The van der Waals surface area contributed by atoms with Gasteiger partial charge in [-0.05, 0) is 18.6 Å². The summed E-state index contributed by atoms with van der Waals surface area (Å²) < 4.78 is 11.1. The lowest BCUT2D eigenvalue weighted by molar-refractivity contribution is -0.156. The third kappa shape index (κ3) is 2.73. The average molecular weight is 470 g/mol. The fourth-order valence-corrected chi connectivity index (χ4v) is 5.63. The Bertz CT molecular complexity index is 1240. The summed E-state index contributed by atoms with van der Waals surface area (Å²) in [5.41, 5.74) is 0.465. The van der Waals surface area contributed by atoms with Gasteiger partial charge in [0.05, 0.1) is 11.4 Å². The predicted octanol–water partition coefficient (Wildman–Crippen LogP) is 2.87. The number of anilines is 2. The molecular weight excluding hydrogens is 448 g/mol. The molecule has 2 amide bonds. The van der Waals surface area contributed by atoms with E-state index < -0.39 is 23.1 Å². The van der Waals surface area contributed by atoms with Crippen molar-refractivity contribution < 1.29 is 28.7 Å². The summed E-state index contributed by atoms with van der Waals surface area (Å²) in [6, 6.07) is 14.5. The molecule has 4 aliphatic rings. The van der Waals surface area contributed by atoms with Gasteiger partial charge in [0, 0.05) is 48.2 Å². The smallest absolute Gasteiger partial charge is 0.335 e. The van der Waals surface area contributed by atoms with E-state index >= 15 is 0 Å². The summed E-state index contributed by atoms with van der Waals surface area (Å²) in [7, 11) is 0. The van der Waals surface area contributed by atoms with Crippen LogP contribution in [0.4, 0.5) is 11.4 Å². The molecule has 2 saturated heterocycles. The molecule has 6 rings (SSSR count). The normalized spacial score (nSPS) is 26.7.